The molecule has 2 heteroatoms. The van der Waals surface area contributed by atoms with Gasteiger partial charge in [0.25, 0.3) is 0 Å². The largest absolute Gasteiger partial charge is 0.338 e. The van der Waals surface area contributed by atoms with Crippen LogP contribution in [0.3, 0.4) is 0 Å². The fraction of sp³-hybridized carbons (Fsp3) is 0.625. The summed E-state index contributed by atoms with van der Waals surface area (Å²) in [6, 6.07) is 8.41. The van der Waals surface area contributed by atoms with E-state index in [4.69, 9.17) is 9.78 Å². The molecule has 2 saturated carbocycles. The normalized spacial score (nSPS) is 29.7. The van der Waals surface area contributed by atoms with Crippen LogP contribution in [-0.2, 0) is 11.3 Å². The zero-order valence-electron chi connectivity index (χ0n) is 11.2. The van der Waals surface area contributed by atoms with Crippen LogP contribution in [-0.4, -0.2) is 6.61 Å². The molecular weight excluding hydrogens is 224 g/mol. The van der Waals surface area contributed by atoms with Gasteiger partial charge in [-0.15, -0.1) is 0 Å². The molecular formula is C16H22O2. The molecule has 0 unspecified atom stereocenters. The SMILES string of the molecule is CCOOc1ccc(CC23CCC(CC2)C3)cc1. The zero-order chi connectivity index (χ0) is 12.4. The molecule has 0 saturated heterocycles. The molecule has 0 radical (unpaired) electrons. The molecule has 0 aliphatic heterocycles. The maximum Gasteiger partial charge on any atom is 0.165 e. The van der Waals surface area contributed by atoms with Crippen LogP contribution in [0.25, 0.3) is 0 Å². The first-order chi connectivity index (χ1) is 8.80. The lowest BCUT2D eigenvalue weighted by Gasteiger charge is -2.26. The second-order valence-electron chi connectivity index (χ2n) is 5.96. The molecule has 0 N–H and O–H groups in total. The molecule has 0 amide bonds. The van der Waals surface area contributed by atoms with Gasteiger partial charge in [0.15, 0.2) is 5.75 Å². The van der Waals surface area contributed by atoms with Crippen molar-refractivity contribution < 1.29 is 9.78 Å². The third-order valence-electron chi connectivity index (χ3n) is 4.66. The Morgan fingerprint density at radius 1 is 1.17 bits per heavy atom. The number of benzene rings is 1. The first-order valence-electron chi connectivity index (χ1n) is 7.18. The highest BCUT2D eigenvalue weighted by Crippen LogP contribution is 2.55. The van der Waals surface area contributed by atoms with Crippen LogP contribution < -0.4 is 4.89 Å². The minimum Gasteiger partial charge on any atom is -0.338 e. The first-order valence-corrected chi connectivity index (χ1v) is 7.18. The monoisotopic (exact) mass is 246 g/mol. The predicted molar refractivity (Wildman–Crippen MR) is 71.4 cm³/mol. The Morgan fingerprint density at radius 2 is 1.89 bits per heavy atom. The molecule has 2 aliphatic carbocycles. The maximum atomic E-state index is 5.14. The van der Waals surface area contributed by atoms with Gasteiger partial charge in [0.2, 0.25) is 0 Å². The van der Waals surface area contributed by atoms with Crippen LogP contribution in [0.1, 0.15) is 44.6 Å². The second kappa shape index (κ2) is 4.93. The van der Waals surface area contributed by atoms with Crippen molar-refractivity contribution in [2.75, 3.05) is 6.61 Å². The molecule has 18 heavy (non-hydrogen) atoms. The van der Waals surface area contributed by atoms with Gasteiger partial charge in [-0.3, -0.25) is 0 Å². The summed E-state index contributed by atoms with van der Waals surface area (Å²) in [6.07, 6.45) is 8.52. The average Bonchev–Trinajstić information content (AvgIpc) is 2.98. The molecule has 2 bridgehead atoms. The maximum absolute atomic E-state index is 5.14. The van der Waals surface area contributed by atoms with Gasteiger partial charge in [-0.05, 0) is 74.5 Å². The van der Waals surface area contributed by atoms with Crippen LogP contribution in [0, 0.1) is 11.3 Å². The number of hydrogen-bond acceptors (Lipinski definition) is 2. The average molecular weight is 246 g/mol. The van der Waals surface area contributed by atoms with E-state index in [1.807, 2.05) is 19.1 Å². The fourth-order valence-corrected chi connectivity index (χ4v) is 3.78. The van der Waals surface area contributed by atoms with Crippen LogP contribution >= 0.6 is 0 Å². The molecule has 0 atom stereocenters. The van der Waals surface area contributed by atoms with Gasteiger partial charge in [-0.1, -0.05) is 12.1 Å². The van der Waals surface area contributed by atoms with E-state index in [0.29, 0.717) is 12.0 Å². The Morgan fingerprint density at radius 3 is 2.44 bits per heavy atom. The van der Waals surface area contributed by atoms with Crippen LogP contribution in [0.4, 0.5) is 0 Å². The highest BCUT2D eigenvalue weighted by Gasteiger charge is 2.44. The summed E-state index contributed by atoms with van der Waals surface area (Å²) in [7, 11) is 0. The lowest BCUT2D eigenvalue weighted by atomic mass is 9.79. The predicted octanol–water partition coefficient (Wildman–Crippen LogP) is 4.14. The second-order valence-corrected chi connectivity index (χ2v) is 5.96. The van der Waals surface area contributed by atoms with Gasteiger partial charge in [-0.25, -0.2) is 0 Å². The minimum atomic E-state index is 0.576. The Hall–Kier alpha value is -1.02. The summed E-state index contributed by atoms with van der Waals surface area (Å²) in [6.45, 7) is 2.50. The van der Waals surface area contributed by atoms with Crippen LogP contribution in [0.5, 0.6) is 5.75 Å². The third kappa shape index (κ3) is 2.39. The van der Waals surface area contributed by atoms with Crippen molar-refractivity contribution in [2.45, 2.75) is 45.4 Å². The molecule has 0 heterocycles. The van der Waals surface area contributed by atoms with Gasteiger partial charge in [0, 0.05) is 0 Å². The van der Waals surface area contributed by atoms with E-state index in [1.54, 1.807) is 0 Å². The molecule has 1 aromatic carbocycles. The molecule has 98 valence electrons. The van der Waals surface area contributed by atoms with E-state index in [2.05, 4.69) is 12.1 Å². The van der Waals surface area contributed by atoms with Crippen molar-refractivity contribution in [3.05, 3.63) is 29.8 Å². The van der Waals surface area contributed by atoms with Gasteiger partial charge in [0.05, 0.1) is 6.61 Å². The van der Waals surface area contributed by atoms with Gasteiger partial charge < -0.3 is 4.89 Å². The summed E-state index contributed by atoms with van der Waals surface area (Å²) in [5.41, 5.74) is 2.08. The Kier molecular flexibility index (Phi) is 3.29. The van der Waals surface area contributed by atoms with Crippen molar-refractivity contribution in [1.29, 1.82) is 0 Å². The molecule has 2 aliphatic rings. The summed E-state index contributed by atoms with van der Waals surface area (Å²) in [5, 5.41) is 0. The molecule has 0 aromatic heterocycles. The molecule has 2 fully saturated rings. The number of rotatable bonds is 5. The summed E-state index contributed by atoms with van der Waals surface area (Å²) in [4.78, 5) is 10.1. The van der Waals surface area contributed by atoms with Gasteiger partial charge >= 0.3 is 0 Å². The third-order valence-corrected chi connectivity index (χ3v) is 4.66. The number of fused-ring (bicyclic) bond motifs is 2. The molecule has 3 rings (SSSR count). The lowest BCUT2D eigenvalue weighted by Crippen LogP contribution is -2.17. The van der Waals surface area contributed by atoms with Crippen LogP contribution in [0.15, 0.2) is 24.3 Å². The summed E-state index contributed by atoms with van der Waals surface area (Å²) >= 11 is 0. The first kappa shape index (κ1) is 12.0. The molecule has 1 aromatic rings. The summed E-state index contributed by atoms with van der Waals surface area (Å²) in [5.74, 6) is 1.83. The summed E-state index contributed by atoms with van der Waals surface area (Å²) < 4.78 is 0. The zero-order valence-corrected chi connectivity index (χ0v) is 11.2. The smallest absolute Gasteiger partial charge is 0.165 e. The topological polar surface area (TPSA) is 18.5 Å². The van der Waals surface area contributed by atoms with E-state index in [0.717, 1.165) is 11.7 Å². The Labute approximate surface area is 109 Å². The Balaban J connectivity index is 1.63. The van der Waals surface area contributed by atoms with Crippen molar-refractivity contribution in [3.63, 3.8) is 0 Å². The number of hydrogen-bond donors (Lipinski definition) is 0. The lowest BCUT2D eigenvalue weighted by molar-refractivity contribution is -0.202. The standard InChI is InChI=1S/C16H22O2/c1-2-17-18-15-5-3-13(4-6-15)11-16-9-7-14(12-16)8-10-16/h3-6,14H,2,7-12H2,1H3. The van der Waals surface area contributed by atoms with E-state index in [-0.39, 0.29) is 0 Å². The van der Waals surface area contributed by atoms with Crippen LogP contribution in [0.2, 0.25) is 0 Å². The van der Waals surface area contributed by atoms with E-state index < -0.39 is 0 Å². The quantitative estimate of drug-likeness (QED) is 0.574. The Bertz CT molecular complexity index is 388. The highest BCUT2D eigenvalue weighted by atomic mass is 17.2. The van der Waals surface area contributed by atoms with Crippen molar-refractivity contribution >= 4 is 0 Å². The van der Waals surface area contributed by atoms with Gasteiger partial charge in [0.1, 0.15) is 0 Å². The van der Waals surface area contributed by atoms with Crippen molar-refractivity contribution in [3.8, 4) is 5.75 Å². The van der Waals surface area contributed by atoms with E-state index >= 15 is 0 Å². The van der Waals surface area contributed by atoms with Crippen molar-refractivity contribution in [1.82, 2.24) is 0 Å². The fourth-order valence-electron chi connectivity index (χ4n) is 3.78. The van der Waals surface area contributed by atoms with E-state index in [1.165, 1.54) is 44.1 Å². The van der Waals surface area contributed by atoms with Gasteiger partial charge in [-0.2, -0.15) is 4.89 Å². The highest BCUT2D eigenvalue weighted by molar-refractivity contribution is 5.28. The van der Waals surface area contributed by atoms with E-state index in [9.17, 15) is 0 Å². The minimum absolute atomic E-state index is 0.576. The molecule has 0 spiro atoms. The van der Waals surface area contributed by atoms with Crippen molar-refractivity contribution in [2.24, 2.45) is 11.3 Å². The molecule has 2 nitrogen and oxygen atoms in total.